The third kappa shape index (κ3) is 3.18. The maximum atomic E-state index is 11.1. The molecule has 5 nitrogen and oxygen atoms in total. The maximum absolute atomic E-state index is 11.1. The molecule has 0 saturated heterocycles. The minimum absolute atomic E-state index is 0.0839. The number of nitro groups is 1. The first-order valence-corrected chi connectivity index (χ1v) is 6.50. The molecule has 0 aliphatic carbocycles. The summed E-state index contributed by atoms with van der Waals surface area (Å²) in [4.78, 5) is 10.6. The number of rotatable bonds is 4. The molecule has 0 bridgehead atoms. The monoisotopic (exact) mass is 281 g/mol. The maximum Gasteiger partial charge on any atom is 0.293 e. The zero-order valence-corrected chi connectivity index (χ0v) is 11.9. The van der Waals surface area contributed by atoms with Gasteiger partial charge in [-0.15, -0.1) is 0 Å². The first-order chi connectivity index (χ1) is 10.0. The molecule has 5 heteroatoms. The highest BCUT2D eigenvalue weighted by atomic mass is 16.6. The molecule has 0 saturated carbocycles. The number of aryl methyl sites for hydroxylation is 1. The van der Waals surface area contributed by atoms with Crippen molar-refractivity contribution in [2.24, 2.45) is 0 Å². The van der Waals surface area contributed by atoms with E-state index in [1.165, 1.54) is 17.2 Å². The second kappa shape index (κ2) is 6.06. The highest BCUT2D eigenvalue weighted by Gasteiger charge is 2.14. The van der Waals surface area contributed by atoms with Gasteiger partial charge in [0.1, 0.15) is 5.69 Å². The van der Waals surface area contributed by atoms with Crippen LogP contribution >= 0.6 is 0 Å². The zero-order chi connectivity index (χ0) is 15.4. The molecule has 0 fully saturated rings. The Bertz CT molecular complexity index is 733. The Labute approximate surface area is 123 Å². The summed E-state index contributed by atoms with van der Waals surface area (Å²) >= 11 is 0. The SMILES string of the molecule is Cc1cccc(CNc2ccc(C#N)cc2[N+](=O)[O-])c1C. The van der Waals surface area contributed by atoms with Crippen LogP contribution in [-0.2, 0) is 6.54 Å². The molecule has 0 amide bonds. The largest absolute Gasteiger partial charge is 0.375 e. The number of nitro benzene ring substituents is 1. The van der Waals surface area contributed by atoms with Gasteiger partial charge >= 0.3 is 0 Å². The third-order valence-corrected chi connectivity index (χ3v) is 3.51. The first-order valence-electron chi connectivity index (χ1n) is 6.50. The fourth-order valence-corrected chi connectivity index (χ4v) is 2.10. The molecule has 0 unspecified atom stereocenters. The lowest BCUT2D eigenvalue weighted by molar-refractivity contribution is -0.384. The van der Waals surface area contributed by atoms with Gasteiger partial charge in [-0.3, -0.25) is 10.1 Å². The predicted octanol–water partition coefficient (Wildman–Crippen LogP) is 3.70. The Balaban J connectivity index is 2.26. The van der Waals surface area contributed by atoms with E-state index in [1.807, 2.05) is 38.1 Å². The summed E-state index contributed by atoms with van der Waals surface area (Å²) in [5.41, 5.74) is 4.05. The quantitative estimate of drug-likeness (QED) is 0.684. The standard InChI is InChI=1S/C16H15N3O2/c1-11-4-3-5-14(12(11)2)10-18-15-7-6-13(9-17)8-16(15)19(20)21/h3-8,18H,10H2,1-2H3. The molecule has 1 N–H and O–H groups in total. The number of nitrogens with one attached hydrogen (secondary N) is 1. The summed E-state index contributed by atoms with van der Waals surface area (Å²) in [6.07, 6.45) is 0. The van der Waals surface area contributed by atoms with Crippen LogP contribution in [0.25, 0.3) is 0 Å². The van der Waals surface area contributed by atoms with Gasteiger partial charge in [0.05, 0.1) is 16.6 Å². The van der Waals surface area contributed by atoms with Crippen LogP contribution < -0.4 is 5.32 Å². The van der Waals surface area contributed by atoms with Crippen LogP contribution in [0.2, 0.25) is 0 Å². The molecule has 21 heavy (non-hydrogen) atoms. The van der Waals surface area contributed by atoms with E-state index >= 15 is 0 Å². The van der Waals surface area contributed by atoms with Crippen LogP contribution in [-0.4, -0.2) is 4.92 Å². The van der Waals surface area contributed by atoms with Crippen molar-refractivity contribution in [3.63, 3.8) is 0 Å². The fourth-order valence-electron chi connectivity index (χ4n) is 2.10. The molecule has 0 aliphatic heterocycles. The fraction of sp³-hybridized carbons (Fsp3) is 0.188. The third-order valence-electron chi connectivity index (χ3n) is 3.51. The molecule has 0 spiro atoms. The van der Waals surface area contributed by atoms with Crippen LogP contribution in [0.1, 0.15) is 22.3 Å². The van der Waals surface area contributed by atoms with Gasteiger partial charge in [0, 0.05) is 12.6 Å². The van der Waals surface area contributed by atoms with Gasteiger partial charge in [-0.1, -0.05) is 18.2 Å². The predicted molar refractivity (Wildman–Crippen MR) is 81.1 cm³/mol. The lowest BCUT2D eigenvalue weighted by Gasteiger charge is -2.11. The van der Waals surface area contributed by atoms with Gasteiger partial charge in [-0.25, -0.2) is 0 Å². The average Bonchev–Trinajstić information content (AvgIpc) is 2.48. The van der Waals surface area contributed by atoms with Crippen molar-refractivity contribution in [1.82, 2.24) is 0 Å². The van der Waals surface area contributed by atoms with Crippen molar-refractivity contribution in [3.8, 4) is 6.07 Å². The Morgan fingerprint density at radius 2 is 2.05 bits per heavy atom. The molecule has 2 aromatic carbocycles. The van der Waals surface area contributed by atoms with E-state index < -0.39 is 4.92 Å². The minimum atomic E-state index is -0.480. The van der Waals surface area contributed by atoms with Crippen molar-refractivity contribution in [1.29, 1.82) is 5.26 Å². The van der Waals surface area contributed by atoms with Crippen molar-refractivity contribution >= 4 is 11.4 Å². The lowest BCUT2D eigenvalue weighted by atomic mass is 10.0. The molecule has 0 aromatic heterocycles. The van der Waals surface area contributed by atoms with E-state index in [0.29, 0.717) is 12.2 Å². The van der Waals surface area contributed by atoms with E-state index in [4.69, 9.17) is 5.26 Å². The van der Waals surface area contributed by atoms with Gasteiger partial charge in [0.15, 0.2) is 0 Å². The molecule has 0 radical (unpaired) electrons. The van der Waals surface area contributed by atoms with Crippen LogP contribution in [0, 0.1) is 35.3 Å². The van der Waals surface area contributed by atoms with Crippen LogP contribution in [0.5, 0.6) is 0 Å². The molecule has 106 valence electrons. The van der Waals surface area contributed by atoms with Gasteiger partial charge in [-0.2, -0.15) is 5.26 Å². The Hall–Kier alpha value is -2.87. The van der Waals surface area contributed by atoms with E-state index in [-0.39, 0.29) is 11.3 Å². The molecule has 0 heterocycles. The summed E-state index contributed by atoms with van der Waals surface area (Å²) in [6.45, 7) is 4.56. The molecular weight excluding hydrogens is 266 g/mol. The van der Waals surface area contributed by atoms with E-state index in [9.17, 15) is 10.1 Å². The topological polar surface area (TPSA) is 79.0 Å². The molecule has 2 aromatic rings. The van der Waals surface area contributed by atoms with E-state index in [1.54, 1.807) is 12.1 Å². The zero-order valence-electron chi connectivity index (χ0n) is 11.9. The smallest absolute Gasteiger partial charge is 0.293 e. The lowest BCUT2D eigenvalue weighted by Crippen LogP contribution is -2.04. The van der Waals surface area contributed by atoms with Crippen molar-refractivity contribution in [2.45, 2.75) is 20.4 Å². The average molecular weight is 281 g/mol. The van der Waals surface area contributed by atoms with E-state index in [2.05, 4.69) is 5.32 Å². The van der Waals surface area contributed by atoms with Gasteiger partial charge in [-0.05, 0) is 42.7 Å². The summed E-state index contributed by atoms with van der Waals surface area (Å²) < 4.78 is 0. The van der Waals surface area contributed by atoms with Gasteiger partial charge in [0.25, 0.3) is 5.69 Å². The second-order valence-electron chi connectivity index (χ2n) is 4.81. The minimum Gasteiger partial charge on any atom is -0.375 e. The van der Waals surface area contributed by atoms with E-state index in [0.717, 1.165) is 5.56 Å². The highest BCUT2D eigenvalue weighted by molar-refractivity contribution is 5.64. The Kier molecular flexibility index (Phi) is 4.19. The number of nitrogens with zero attached hydrogens (tertiary/aromatic N) is 2. The van der Waals surface area contributed by atoms with Crippen molar-refractivity contribution in [2.75, 3.05) is 5.32 Å². The normalized spacial score (nSPS) is 9.95. The number of anilines is 1. The molecule has 0 atom stereocenters. The van der Waals surface area contributed by atoms with Crippen LogP contribution in [0.3, 0.4) is 0 Å². The Morgan fingerprint density at radius 3 is 2.71 bits per heavy atom. The van der Waals surface area contributed by atoms with Gasteiger partial charge < -0.3 is 5.32 Å². The first kappa shape index (κ1) is 14.5. The number of benzene rings is 2. The summed E-state index contributed by atoms with van der Waals surface area (Å²) in [7, 11) is 0. The van der Waals surface area contributed by atoms with Crippen LogP contribution in [0.4, 0.5) is 11.4 Å². The summed E-state index contributed by atoms with van der Waals surface area (Å²) in [5.74, 6) is 0. The second-order valence-corrected chi connectivity index (χ2v) is 4.81. The molecular formula is C16H15N3O2. The number of nitriles is 1. The highest BCUT2D eigenvalue weighted by Crippen LogP contribution is 2.26. The molecule has 2 rings (SSSR count). The van der Waals surface area contributed by atoms with Gasteiger partial charge in [0.2, 0.25) is 0 Å². The summed E-state index contributed by atoms with van der Waals surface area (Å²) in [6, 6.07) is 12.3. The number of hydrogen-bond acceptors (Lipinski definition) is 4. The molecule has 0 aliphatic rings. The van der Waals surface area contributed by atoms with Crippen molar-refractivity contribution < 1.29 is 4.92 Å². The summed E-state index contributed by atoms with van der Waals surface area (Å²) in [5, 5.41) is 23.0. The number of hydrogen-bond donors (Lipinski definition) is 1. The van der Waals surface area contributed by atoms with Crippen LogP contribution in [0.15, 0.2) is 36.4 Å². The Morgan fingerprint density at radius 1 is 1.29 bits per heavy atom. The van der Waals surface area contributed by atoms with Crippen molar-refractivity contribution in [3.05, 3.63) is 68.8 Å².